The van der Waals surface area contributed by atoms with Gasteiger partial charge in [-0.05, 0) is 45.2 Å². The predicted molar refractivity (Wildman–Crippen MR) is 109 cm³/mol. The van der Waals surface area contributed by atoms with Crippen LogP contribution in [0.3, 0.4) is 0 Å². The van der Waals surface area contributed by atoms with E-state index in [0.29, 0.717) is 22.9 Å². The molecule has 0 bridgehead atoms. The van der Waals surface area contributed by atoms with Crippen molar-refractivity contribution in [3.63, 3.8) is 0 Å². The number of piperidine rings is 1. The lowest BCUT2D eigenvalue weighted by molar-refractivity contribution is 0.0724. The number of halogens is 1. The molecule has 6 heteroatoms. The van der Waals surface area contributed by atoms with Crippen LogP contribution in [0.25, 0.3) is 0 Å². The number of carbonyl (C=O) groups excluding carboxylic acids is 1. The van der Waals surface area contributed by atoms with Crippen molar-refractivity contribution in [3.05, 3.63) is 52.7 Å². The SMILES string of the molecule is CC(C)Oc1ccccc1CNc1ncc(C(=O)N2CCCCC2)cc1Cl. The number of ether oxygens (including phenoxy) is 1. The van der Waals surface area contributed by atoms with Crippen molar-refractivity contribution >= 4 is 23.3 Å². The van der Waals surface area contributed by atoms with Gasteiger partial charge in [0.05, 0.1) is 16.7 Å². The van der Waals surface area contributed by atoms with Gasteiger partial charge in [-0.2, -0.15) is 0 Å². The standard InChI is InChI=1S/C21H26ClN3O2/c1-15(2)27-19-9-5-4-8-16(19)13-23-20-18(22)12-17(14-24-20)21(26)25-10-6-3-7-11-25/h4-5,8-9,12,14-15H,3,6-7,10-11,13H2,1-2H3,(H,23,24). The van der Waals surface area contributed by atoms with Crippen molar-refractivity contribution in [1.29, 1.82) is 0 Å². The molecule has 0 saturated carbocycles. The predicted octanol–water partition coefficient (Wildman–Crippen LogP) is 4.76. The highest BCUT2D eigenvalue weighted by atomic mass is 35.5. The van der Waals surface area contributed by atoms with Gasteiger partial charge in [0, 0.05) is 31.4 Å². The lowest BCUT2D eigenvalue weighted by atomic mass is 10.1. The summed E-state index contributed by atoms with van der Waals surface area (Å²) in [5.74, 6) is 1.41. The lowest BCUT2D eigenvalue weighted by Gasteiger charge is -2.26. The van der Waals surface area contributed by atoms with E-state index in [2.05, 4.69) is 10.3 Å². The Kier molecular flexibility index (Phi) is 6.56. The molecule has 0 aliphatic carbocycles. The molecule has 3 rings (SSSR count). The van der Waals surface area contributed by atoms with Crippen LogP contribution in [-0.2, 0) is 6.54 Å². The van der Waals surface area contributed by atoms with E-state index in [9.17, 15) is 4.79 Å². The molecule has 1 N–H and O–H groups in total. The summed E-state index contributed by atoms with van der Waals surface area (Å²) in [6.45, 7) is 6.16. The minimum Gasteiger partial charge on any atom is -0.491 e. The van der Waals surface area contributed by atoms with Crippen LogP contribution in [0.2, 0.25) is 5.02 Å². The Labute approximate surface area is 165 Å². The lowest BCUT2D eigenvalue weighted by Crippen LogP contribution is -2.35. The second kappa shape index (κ2) is 9.09. The summed E-state index contributed by atoms with van der Waals surface area (Å²) in [6.07, 6.45) is 5.01. The van der Waals surface area contributed by atoms with Gasteiger partial charge in [-0.25, -0.2) is 4.98 Å². The van der Waals surface area contributed by atoms with Gasteiger partial charge in [0.2, 0.25) is 0 Å². The molecule has 0 spiro atoms. The van der Waals surface area contributed by atoms with Gasteiger partial charge in [-0.3, -0.25) is 4.79 Å². The number of carbonyl (C=O) groups is 1. The highest BCUT2D eigenvalue weighted by Gasteiger charge is 2.19. The van der Waals surface area contributed by atoms with Gasteiger partial charge in [0.25, 0.3) is 5.91 Å². The fraction of sp³-hybridized carbons (Fsp3) is 0.429. The van der Waals surface area contributed by atoms with Crippen LogP contribution in [0.15, 0.2) is 36.5 Å². The molecule has 5 nitrogen and oxygen atoms in total. The first kappa shape index (κ1) is 19.5. The van der Waals surface area contributed by atoms with Crippen LogP contribution >= 0.6 is 11.6 Å². The molecular weight excluding hydrogens is 362 g/mol. The molecule has 1 amide bonds. The van der Waals surface area contributed by atoms with E-state index in [1.54, 1.807) is 12.3 Å². The van der Waals surface area contributed by atoms with E-state index in [0.717, 1.165) is 37.2 Å². The average Bonchev–Trinajstić information content (AvgIpc) is 2.67. The van der Waals surface area contributed by atoms with Crippen molar-refractivity contribution in [2.24, 2.45) is 0 Å². The van der Waals surface area contributed by atoms with Gasteiger partial charge in [0.15, 0.2) is 0 Å². The molecule has 1 saturated heterocycles. The van der Waals surface area contributed by atoms with Crippen LogP contribution in [-0.4, -0.2) is 35.0 Å². The Bertz CT molecular complexity index is 789. The van der Waals surface area contributed by atoms with Crippen molar-refractivity contribution in [2.75, 3.05) is 18.4 Å². The first-order valence-corrected chi connectivity index (χ1v) is 9.85. The Morgan fingerprint density at radius 1 is 1.26 bits per heavy atom. The molecule has 144 valence electrons. The summed E-state index contributed by atoms with van der Waals surface area (Å²) in [4.78, 5) is 18.8. The van der Waals surface area contributed by atoms with Gasteiger partial charge in [0.1, 0.15) is 11.6 Å². The number of benzene rings is 1. The Hall–Kier alpha value is -2.27. The Morgan fingerprint density at radius 2 is 2.00 bits per heavy atom. The van der Waals surface area contributed by atoms with Crippen LogP contribution in [0.4, 0.5) is 5.82 Å². The molecule has 27 heavy (non-hydrogen) atoms. The van der Waals surface area contributed by atoms with Crippen molar-refractivity contribution in [3.8, 4) is 5.75 Å². The molecule has 2 aromatic rings. The second-order valence-electron chi connectivity index (χ2n) is 7.04. The quantitative estimate of drug-likeness (QED) is 0.776. The number of hydrogen-bond donors (Lipinski definition) is 1. The number of anilines is 1. The second-order valence-corrected chi connectivity index (χ2v) is 7.44. The van der Waals surface area contributed by atoms with Gasteiger partial charge in [-0.1, -0.05) is 29.8 Å². The van der Waals surface area contributed by atoms with E-state index < -0.39 is 0 Å². The average molecular weight is 388 g/mol. The fourth-order valence-electron chi connectivity index (χ4n) is 3.16. The molecule has 1 aromatic carbocycles. The summed E-state index contributed by atoms with van der Waals surface area (Å²) in [5.41, 5.74) is 1.56. The number of pyridine rings is 1. The number of nitrogens with one attached hydrogen (secondary N) is 1. The van der Waals surface area contributed by atoms with Gasteiger partial charge in [-0.15, -0.1) is 0 Å². The molecule has 1 fully saturated rings. The number of rotatable bonds is 6. The topological polar surface area (TPSA) is 54.5 Å². The zero-order chi connectivity index (χ0) is 19.2. The minimum atomic E-state index is 0.00586. The number of aromatic nitrogens is 1. The third-order valence-electron chi connectivity index (χ3n) is 4.51. The number of para-hydroxylation sites is 1. The molecule has 0 atom stereocenters. The maximum Gasteiger partial charge on any atom is 0.255 e. The highest BCUT2D eigenvalue weighted by Crippen LogP contribution is 2.25. The molecule has 0 unspecified atom stereocenters. The van der Waals surface area contributed by atoms with E-state index >= 15 is 0 Å². The van der Waals surface area contributed by atoms with Crippen molar-refractivity contribution in [1.82, 2.24) is 9.88 Å². The van der Waals surface area contributed by atoms with Crippen LogP contribution < -0.4 is 10.1 Å². The maximum atomic E-state index is 12.6. The molecular formula is C21H26ClN3O2. The number of amides is 1. The zero-order valence-electron chi connectivity index (χ0n) is 15.9. The summed E-state index contributed by atoms with van der Waals surface area (Å²) >= 11 is 6.38. The van der Waals surface area contributed by atoms with E-state index in [-0.39, 0.29) is 12.0 Å². The van der Waals surface area contributed by atoms with E-state index in [4.69, 9.17) is 16.3 Å². The summed E-state index contributed by atoms with van der Waals surface area (Å²) in [5, 5.41) is 3.69. The summed E-state index contributed by atoms with van der Waals surface area (Å²) in [6, 6.07) is 9.58. The first-order valence-electron chi connectivity index (χ1n) is 9.48. The summed E-state index contributed by atoms with van der Waals surface area (Å²) < 4.78 is 5.84. The maximum absolute atomic E-state index is 12.6. The zero-order valence-corrected chi connectivity index (χ0v) is 16.6. The Morgan fingerprint density at radius 3 is 2.70 bits per heavy atom. The molecule has 1 aliphatic rings. The number of likely N-dealkylation sites (tertiary alicyclic amines) is 1. The van der Waals surface area contributed by atoms with Gasteiger partial charge < -0.3 is 15.0 Å². The monoisotopic (exact) mass is 387 g/mol. The third-order valence-corrected chi connectivity index (χ3v) is 4.80. The van der Waals surface area contributed by atoms with Crippen LogP contribution in [0.5, 0.6) is 5.75 Å². The van der Waals surface area contributed by atoms with Crippen molar-refractivity contribution < 1.29 is 9.53 Å². The fourth-order valence-corrected chi connectivity index (χ4v) is 3.40. The van der Waals surface area contributed by atoms with Gasteiger partial charge >= 0.3 is 0 Å². The van der Waals surface area contributed by atoms with E-state index in [1.165, 1.54) is 6.42 Å². The van der Waals surface area contributed by atoms with Crippen LogP contribution in [0, 0.1) is 0 Å². The molecule has 1 aromatic heterocycles. The molecule has 2 heterocycles. The summed E-state index contributed by atoms with van der Waals surface area (Å²) in [7, 11) is 0. The third kappa shape index (κ3) is 5.13. The Balaban J connectivity index is 1.67. The molecule has 0 radical (unpaired) electrons. The number of nitrogens with zero attached hydrogens (tertiary/aromatic N) is 2. The normalized spacial score (nSPS) is 14.3. The highest BCUT2D eigenvalue weighted by molar-refractivity contribution is 6.33. The smallest absolute Gasteiger partial charge is 0.255 e. The molecule has 1 aliphatic heterocycles. The largest absolute Gasteiger partial charge is 0.491 e. The van der Waals surface area contributed by atoms with Crippen molar-refractivity contribution in [2.45, 2.75) is 45.8 Å². The van der Waals surface area contributed by atoms with E-state index in [1.807, 2.05) is 43.0 Å². The van der Waals surface area contributed by atoms with Crippen LogP contribution in [0.1, 0.15) is 49.0 Å². The first-order chi connectivity index (χ1) is 13.0. The number of hydrogen-bond acceptors (Lipinski definition) is 4. The minimum absolute atomic E-state index is 0.00586.